The van der Waals surface area contributed by atoms with Gasteiger partial charge >= 0.3 is 0 Å². The Morgan fingerprint density at radius 2 is 2.04 bits per heavy atom. The van der Waals surface area contributed by atoms with Crippen LogP contribution in [0.15, 0.2) is 17.1 Å². The average Bonchev–Trinajstić information content (AvgIpc) is 3.08. The second-order valence-electron chi connectivity index (χ2n) is 6.03. The van der Waals surface area contributed by atoms with Gasteiger partial charge in [-0.1, -0.05) is 6.92 Å². The first-order chi connectivity index (χ1) is 11.8. The van der Waals surface area contributed by atoms with Crippen LogP contribution in [0.1, 0.15) is 35.9 Å². The molecule has 2 heterocycles. The highest BCUT2D eigenvalue weighted by Gasteiger charge is 2.21. The molecular weight excluding hydrogens is 322 g/mol. The molecule has 1 saturated heterocycles. The Morgan fingerprint density at radius 3 is 2.67 bits per heavy atom. The van der Waals surface area contributed by atoms with E-state index in [1.54, 1.807) is 7.11 Å². The summed E-state index contributed by atoms with van der Waals surface area (Å²) >= 11 is 1.88. The number of aryl methyl sites for hydroxylation is 1. The summed E-state index contributed by atoms with van der Waals surface area (Å²) in [6.45, 7) is 6.62. The third-order valence-corrected chi connectivity index (χ3v) is 5.52. The van der Waals surface area contributed by atoms with E-state index in [1.807, 2.05) is 18.4 Å². The standard InChI is InChI=1S/C18H31N3O2S/c1-4-16-6-7-17(24-16)14-20-18(19-2)21-10-8-15(9-11-21)23-13-5-12-22-3/h6-7,15H,4-5,8-14H2,1-3H3,(H,19,20). The van der Waals surface area contributed by atoms with Crippen molar-refractivity contribution < 1.29 is 9.47 Å². The summed E-state index contributed by atoms with van der Waals surface area (Å²) in [7, 11) is 3.60. The Kier molecular flexibility index (Phi) is 8.56. The lowest BCUT2D eigenvalue weighted by Gasteiger charge is -2.34. The molecular formula is C18H31N3O2S. The topological polar surface area (TPSA) is 46.1 Å². The Morgan fingerprint density at radius 1 is 1.29 bits per heavy atom. The van der Waals surface area contributed by atoms with E-state index in [1.165, 1.54) is 9.75 Å². The van der Waals surface area contributed by atoms with E-state index in [0.29, 0.717) is 6.10 Å². The van der Waals surface area contributed by atoms with Crippen molar-refractivity contribution in [2.75, 3.05) is 40.5 Å². The molecule has 0 spiro atoms. The van der Waals surface area contributed by atoms with Crippen LogP contribution in [0.3, 0.4) is 0 Å². The predicted octanol–water partition coefficient (Wildman–Crippen LogP) is 2.90. The Hall–Kier alpha value is -1.11. The zero-order valence-corrected chi connectivity index (χ0v) is 16.0. The summed E-state index contributed by atoms with van der Waals surface area (Å²) in [5.74, 6) is 0.999. The number of piperidine rings is 1. The van der Waals surface area contributed by atoms with E-state index in [-0.39, 0.29) is 0 Å². The number of aliphatic imine (C=N–C) groups is 1. The number of hydrogen-bond donors (Lipinski definition) is 1. The van der Waals surface area contributed by atoms with E-state index >= 15 is 0 Å². The van der Waals surface area contributed by atoms with Crippen molar-refractivity contribution in [1.29, 1.82) is 0 Å². The summed E-state index contributed by atoms with van der Waals surface area (Å²) in [6.07, 6.45) is 4.58. The van der Waals surface area contributed by atoms with E-state index in [9.17, 15) is 0 Å². The van der Waals surface area contributed by atoms with E-state index in [2.05, 4.69) is 34.3 Å². The van der Waals surface area contributed by atoms with Gasteiger partial charge in [0.25, 0.3) is 0 Å². The van der Waals surface area contributed by atoms with Gasteiger partial charge in [-0.2, -0.15) is 0 Å². The molecule has 6 heteroatoms. The minimum absolute atomic E-state index is 0.376. The van der Waals surface area contributed by atoms with Gasteiger partial charge in [0.05, 0.1) is 12.6 Å². The van der Waals surface area contributed by atoms with Gasteiger partial charge in [0, 0.05) is 50.2 Å². The molecule has 0 bridgehead atoms. The largest absolute Gasteiger partial charge is 0.385 e. The lowest BCUT2D eigenvalue weighted by atomic mass is 10.1. The summed E-state index contributed by atoms with van der Waals surface area (Å²) in [6, 6.07) is 4.43. The molecule has 1 N–H and O–H groups in total. The van der Waals surface area contributed by atoms with Crippen molar-refractivity contribution in [2.24, 2.45) is 4.99 Å². The van der Waals surface area contributed by atoms with Crippen LogP contribution in [-0.4, -0.2) is 57.4 Å². The number of ether oxygens (including phenoxy) is 2. The number of thiophene rings is 1. The number of nitrogens with one attached hydrogen (secondary N) is 1. The van der Waals surface area contributed by atoms with Gasteiger partial charge in [0.15, 0.2) is 5.96 Å². The van der Waals surface area contributed by atoms with Crippen LogP contribution in [0.4, 0.5) is 0 Å². The first kappa shape index (κ1) is 19.2. The molecule has 0 atom stereocenters. The molecule has 24 heavy (non-hydrogen) atoms. The predicted molar refractivity (Wildman–Crippen MR) is 101 cm³/mol. The zero-order valence-electron chi connectivity index (χ0n) is 15.2. The van der Waals surface area contributed by atoms with Gasteiger partial charge in [-0.25, -0.2) is 0 Å². The first-order valence-corrected chi connectivity index (χ1v) is 9.72. The van der Waals surface area contributed by atoms with Crippen molar-refractivity contribution in [3.63, 3.8) is 0 Å². The normalized spacial score (nSPS) is 16.6. The lowest BCUT2D eigenvalue weighted by molar-refractivity contribution is 0.00990. The number of likely N-dealkylation sites (tertiary alicyclic amines) is 1. The molecule has 1 aliphatic rings. The highest BCUT2D eigenvalue weighted by Crippen LogP contribution is 2.17. The molecule has 0 unspecified atom stereocenters. The molecule has 0 radical (unpaired) electrons. The molecule has 0 saturated carbocycles. The molecule has 5 nitrogen and oxygen atoms in total. The van der Waals surface area contributed by atoms with Crippen molar-refractivity contribution in [2.45, 2.75) is 45.3 Å². The fraction of sp³-hybridized carbons (Fsp3) is 0.722. The number of rotatable bonds is 8. The second kappa shape index (κ2) is 10.7. The zero-order chi connectivity index (χ0) is 17.2. The van der Waals surface area contributed by atoms with Crippen molar-refractivity contribution >= 4 is 17.3 Å². The van der Waals surface area contributed by atoms with Crippen molar-refractivity contribution in [3.05, 3.63) is 21.9 Å². The Labute approximate surface area is 150 Å². The quantitative estimate of drug-likeness (QED) is 0.443. The molecule has 136 valence electrons. The highest BCUT2D eigenvalue weighted by molar-refractivity contribution is 7.11. The number of nitrogens with zero attached hydrogens (tertiary/aromatic N) is 2. The van der Waals surface area contributed by atoms with Gasteiger partial charge in [0.2, 0.25) is 0 Å². The number of hydrogen-bond acceptors (Lipinski definition) is 4. The lowest BCUT2D eigenvalue weighted by Crippen LogP contribution is -2.46. The van der Waals surface area contributed by atoms with Gasteiger partial charge in [-0.15, -0.1) is 11.3 Å². The Balaban J connectivity index is 1.70. The monoisotopic (exact) mass is 353 g/mol. The van der Waals surface area contributed by atoms with Gasteiger partial charge in [-0.3, -0.25) is 4.99 Å². The second-order valence-corrected chi connectivity index (χ2v) is 7.28. The van der Waals surface area contributed by atoms with E-state index in [0.717, 1.165) is 64.5 Å². The smallest absolute Gasteiger partial charge is 0.193 e. The molecule has 2 rings (SSSR count). The number of methoxy groups -OCH3 is 1. The van der Waals surface area contributed by atoms with Gasteiger partial charge in [0.1, 0.15) is 0 Å². The van der Waals surface area contributed by atoms with Crippen molar-refractivity contribution in [3.8, 4) is 0 Å². The van der Waals surface area contributed by atoms with Crippen LogP contribution in [0, 0.1) is 0 Å². The first-order valence-electron chi connectivity index (χ1n) is 8.90. The van der Waals surface area contributed by atoms with Crippen molar-refractivity contribution in [1.82, 2.24) is 10.2 Å². The van der Waals surface area contributed by atoms with Crippen LogP contribution < -0.4 is 5.32 Å². The summed E-state index contributed by atoms with van der Waals surface area (Å²) in [4.78, 5) is 9.58. The van der Waals surface area contributed by atoms with Gasteiger partial charge in [-0.05, 0) is 37.8 Å². The van der Waals surface area contributed by atoms with Crippen LogP contribution in [0.2, 0.25) is 0 Å². The molecule has 0 aromatic carbocycles. The maximum absolute atomic E-state index is 5.93. The molecule has 1 fully saturated rings. The third-order valence-electron chi connectivity index (χ3n) is 4.29. The molecule has 1 aromatic rings. The molecule has 0 aliphatic carbocycles. The Bertz CT molecular complexity index is 496. The third kappa shape index (κ3) is 6.07. The van der Waals surface area contributed by atoms with E-state index in [4.69, 9.17) is 9.47 Å². The molecule has 1 aromatic heterocycles. The summed E-state index contributed by atoms with van der Waals surface area (Å²) in [5, 5.41) is 3.50. The van der Waals surface area contributed by atoms with Gasteiger partial charge < -0.3 is 19.7 Å². The molecule has 0 amide bonds. The maximum Gasteiger partial charge on any atom is 0.193 e. The molecule has 1 aliphatic heterocycles. The number of guanidine groups is 1. The van der Waals surface area contributed by atoms with E-state index < -0.39 is 0 Å². The minimum atomic E-state index is 0.376. The maximum atomic E-state index is 5.93. The summed E-state index contributed by atoms with van der Waals surface area (Å²) in [5.41, 5.74) is 0. The SMILES string of the molecule is CCc1ccc(CNC(=NC)N2CCC(OCCCOC)CC2)s1. The van der Waals surface area contributed by atoms with Crippen LogP contribution >= 0.6 is 11.3 Å². The summed E-state index contributed by atoms with van der Waals surface area (Å²) < 4.78 is 11.0. The van der Waals surface area contributed by atoms with Crippen LogP contribution in [0.5, 0.6) is 0 Å². The average molecular weight is 354 g/mol. The fourth-order valence-corrected chi connectivity index (χ4v) is 3.79. The fourth-order valence-electron chi connectivity index (χ4n) is 2.89. The van der Waals surface area contributed by atoms with Crippen LogP contribution in [0.25, 0.3) is 0 Å². The highest BCUT2D eigenvalue weighted by atomic mass is 32.1. The minimum Gasteiger partial charge on any atom is -0.385 e. The van der Waals surface area contributed by atoms with Crippen LogP contribution in [-0.2, 0) is 22.4 Å².